The summed E-state index contributed by atoms with van der Waals surface area (Å²) in [5.41, 5.74) is 4.74. The molecule has 0 amide bonds. The van der Waals surface area contributed by atoms with Crippen LogP contribution < -0.4 is 5.73 Å². The lowest BCUT2D eigenvalue weighted by molar-refractivity contribution is -0.147. The van der Waals surface area contributed by atoms with E-state index in [1.165, 1.54) is 0 Å². The fraction of sp³-hybridized carbons (Fsp3) is 0.417. The molecule has 4 nitrogen and oxygen atoms in total. The Morgan fingerprint density at radius 2 is 1.89 bits per heavy atom. The molecule has 0 saturated heterocycles. The molecule has 7 heteroatoms. The Hall–Kier alpha value is -1.60. The Morgan fingerprint density at radius 3 is 2.32 bits per heavy atom. The molecule has 0 aromatic heterocycles. The zero-order valence-corrected chi connectivity index (χ0v) is 10.1. The highest BCUT2D eigenvalue weighted by atomic mass is 19.4. The van der Waals surface area contributed by atoms with Crippen LogP contribution in [0.15, 0.2) is 24.3 Å². The molecule has 0 radical (unpaired) electrons. The van der Waals surface area contributed by atoms with Crippen LogP contribution in [0.1, 0.15) is 24.2 Å². The highest BCUT2D eigenvalue weighted by molar-refractivity contribution is 5.76. The number of hydrogen-bond donors (Lipinski definition) is 2. The third-order valence-electron chi connectivity index (χ3n) is 2.48. The Balaban J connectivity index is 2.83. The van der Waals surface area contributed by atoms with Crippen LogP contribution in [-0.2, 0) is 15.7 Å². The Kier molecular flexibility index (Phi) is 4.90. The first-order chi connectivity index (χ1) is 8.77. The number of halogens is 3. The number of hydrogen-bond acceptors (Lipinski definition) is 4. The minimum Gasteiger partial charge on any atom is -0.465 e. The Morgan fingerprint density at radius 1 is 1.37 bits per heavy atom. The average Bonchev–Trinajstić information content (AvgIpc) is 2.36. The van der Waals surface area contributed by atoms with Gasteiger partial charge in [0.2, 0.25) is 0 Å². The summed E-state index contributed by atoms with van der Waals surface area (Å²) in [4.78, 5) is 11.3. The van der Waals surface area contributed by atoms with E-state index < -0.39 is 29.9 Å². The van der Waals surface area contributed by atoms with E-state index in [2.05, 4.69) is 4.74 Å². The van der Waals surface area contributed by atoms with Crippen LogP contribution in [0.5, 0.6) is 0 Å². The molecule has 0 heterocycles. The molecule has 0 aliphatic carbocycles. The van der Waals surface area contributed by atoms with Gasteiger partial charge < -0.3 is 15.6 Å². The minimum atomic E-state index is -4.45. The maximum atomic E-state index is 12.3. The van der Waals surface area contributed by atoms with Crippen molar-refractivity contribution in [1.29, 1.82) is 0 Å². The molecule has 0 bridgehead atoms. The second kappa shape index (κ2) is 6.03. The van der Waals surface area contributed by atoms with Gasteiger partial charge in [0, 0.05) is 0 Å². The van der Waals surface area contributed by atoms with Gasteiger partial charge in [-0.1, -0.05) is 12.1 Å². The molecule has 106 valence electrons. The molecule has 2 unspecified atom stereocenters. The summed E-state index contributed by atoms with van der Waals surface area (Å²) in [5, 5.41) is 9.77. The van der Waals surface area contributed by atoms with Gasteiger partial charge in [0.15, 0.2) is 0 Å². The molecule has 0 fully saturated rings. The monoisotopic (exact) mass is 277 g/mol. The van der Waals surface area contributed by atoms with Crippen LogP contribution in [-0.4, -0.2) is 23.7 Å². The Labute approximate surface area is 108 Å². The maximum Gasteiger partial charge on any atom is 0.416 e. The third-order valence-corrected chi connectivity index (χ3v) is 2.48. The predicted octanol–water partition coefficient (Wildman–Crippen LogP) is 1.63. The van der Waals surface area contributed by atoms with E-state index in [0.29, 0.717) is 0 Å². The van der Waals surface area contributed by atoms with Gasteiger partial charge >= 0.3 is 12.1 Å². The van der Waals surface area contributed by atoms with Crippen molar-refractivity contribution in [3.63, 3.8) is 0 Å². The molecule has 1 aromatic carbocycles. The van der Waals surface area contributed by atoms with E-state index in [-0.39, 0.29) is 12.2 Å². The predicted molar refractivity (Wildman–Crippen MR) is 61.0 cm³/mol. The van der Waals surface area contributed by atoms with Gasteiger partial charge in [-0.25, -0.2) is 0 Å². The van der Waals surface area contributed by atoms with E-state index in [1.54, 1.807) is 6.92 Å². The lowest BCUT2D eigenvalue weighted by atomic mass is 10.0. The fourth-order valence-electron chi connectivity index (χ4n) is 1.44. The molecule has 3 N–H and O–H groups in total. The summed E-state index contributed by atoms with van der Waals surface area (Å²) >= 11 is 0. The Bertz CT molecular complexity index is 431. The number of aliphatic hydroxyl groups is 1. The van der Waals surface area contributed by atoms with Crippen molar-refractivity contribution in [3.05, 3.63) is 35.4 Å². The number of esters is 1. The summed E-state index contributed by atoms with van der Waals surface area (Å²) in [7, 11) is 0. The lowest BCUT2D eigenvalue weighted by Gasteiger charge is -2.18. The van der Waals surface area contributed by atoms with Crippen molar-refractivity contribution in [2.75, 3.05) is 6.61 Å². The second-order valence-corrected chi connectivity index (χ2v) is 3.84. The maximum absolute atomic E-state index is 12.3. The van der Waals surface area contributed by atoms with Crippen molar-refractivity contribution in [2.24, 2.45) is 5.73 Å². The number of rotatable bonds is 4. The van der Waals surface area contributed by atoms with Crippen molar-refractivity contribution in [1.82, 2.24) is 0 Å². The molecule has 1 aromatic rings. The molecular formula is C12H14F3NO3. The molecule has 0 spiro atoms. The smallest absolute Gasteiger partial charge is 0.416 e. The average molecular weight is 277 g/mol. The van der Waals surface area contributed by atoms with E-state index >= 15 is 0 Å². The van der Waals surface area contributed by atoms with E-state index in [9.17, 15) is 23.1 Å². The highest BCUT2D eigenvalue weighted by Crippen LogP contribution is 2.30. The fourth-order valence-corrected chi connectivity index (χ4v) is 1.44. The largest absolute Gasteiger partial charge is 0.465 e. The zero-order valence-electron chi connectivity index (χ0n) is 10.1. The quantitative estimate of drug-likeness (QED) is 0.820. The van der Waals surface area contributed by atoms with E-state index in [4.69, 9.17) is 5.73 Å². The number of carbonyl (C=O) groups excluding carboxylic acids is 1. The van der Waals surface area contributed by atoms with Gasteiger partial charge in [0.25, 0.3) is 0 Å². The van der Waals surface area contributed by atoms with Crippen molar-refractivity contribution < 1.29 is 27.8 Å². The van der Waals surface area contributed by atoms with Gasteiger partial charge in [-0.15, -0.1) is 0 Å². The van der Waals surface area contributed by atoms with Crippen LogP contribution in [0.3, 0.4) is 0 Å². The SMILES string of the molecule is CCOC(=O)C(N)C(O)c1ccc(C(F)(F)F)cc1. The number of alkyl halides is 3. The first-order valence-electron chi connectivity index (χ1n) is 5.54. The number of aliphatic hydroxyl groups excluding tert-OH is 1. The third kappa shape index (κ3) is 3.93. The summed E-state index contributed by atoms with van der Waals surface area (Å²) in [6.45, 7) is 1.68. The zero-order chi connectivity index (χ0) is 14.6. The molecule has 0 aliphatic heterocycles. The van der Waals surface area contributed by atoms with Crippen molar-refractivity contribution in [2.45, 2.75) is 25.2 Å². The first-order valence-corrected chi connectivity index (χ1v) is 5.54. The summed E-state index contributed by atoms with van der Waals surface area (Å²) in [6, 6.07) is 2.45. The van der Waals surface area contributed by atoms with Gasteiger partial charge in [-0.3, -0.25) is 4.79 Å². The molecule has 2 atom stereocenters. The van der Waals surface area contributed by atoms with Gasteiger partial charge in [0.05, 0.1) is 12.2 Å². The van der Waals surface area contributed by atoms with Gasteiger partial charge in [-0.05, 0) is 24.6 Å². The number of carbonyl (C=O) groups is 1. The van der Waals surface area contributed by atoms with Crippen molar-refractivity contribution in [3.8, 4) is 0 Å². The second-order valence-electron chi connectivity index (χ2n) is 3.84. The molecular weight excluding hydrogens is 263 g/mol. The lowest BCUT2D eigenvalue weighted by Crippen LogP contribution is -2.38. The minimum absolute atomic E-state index is 0.103. The molecule has 0 saturated carbocycles. The van der Waals surface area contributed by atoms with Crippen LogP contribution in [0.2, 0.25) is 0 Å². The summed E-state index contributed by atoms with van der Waals surface area (Å²) in [6.07, 6.45) is -5.87. The molecule has 1 rings (SSSR count). The van der Waals surface area contributed by atoms with Crippen LogP contribution in [0.4, 0.5) is 13.2 Å². The number of nitrogens with two attached hydrogens (primary N) is 1. The van der Waals surface area contributed by atoms with Crippen LogP contribution in [0.25, 0.3) is 0 Å². The van der Waals surface area contributed by atoms with E-state index in [1.807, 2.05) is 0 Å². The van der Waals surface area contributed by atoms with E-state index in [0.717, 1.165) is 24.3 Å². The highest BCUT2D eigenvalue weighted by Gasteiger charge is 2.31. The first kappa shape index (κ1) is 15.5. The van der Waals surface area contributed by atoms with Gasteiger partial charge in [-0.2, -0.15) is 13.2 Å². The summed E-state index contributed by atoms with van der Waals surface area (Å²) in [5.74, 6) is -0.810. The molecule has 0 aliphatic rings. The summed E-state index contributed by atoms with van der Waals surface area (Å²) < 4.78 is 41.7. The normalized spacial score (nSPS) is 14.8. The van der Waals surface area contributed by atoms with Crippen LogP contribution in [0, 0.1) is 0 Å². The molecule has 19 heavy (non-hydrogen) atoms. The standard InChI is InChI=1S/C12H14F3NO3/c1-2-19-11(18)9(16)10(17)7-3-5-8(6-4-7)12(13,14)15/h3-6,9-10,17H,2,16H2,1H3. The van der Waals surface area contributed by atoms with Crippen molar-refractivity contribution >= 4 is 5.97 Å². The van der Waals surface area contributed by atoms with Gasteiger partial charge in [0.1, 0.15) is 12.1 Å². The topological polar surface area (TPSA) is 72.5 Å². The number of benzene rings is 1. The number of ether oxygens (including phenoxy) is 1. The van der Waals surface area contributed by atoms with Crippen LogP contribution >= 0.6 is 0 Å².